The molecule has 1 aliphatic heterocycles. The van der Waals surface area contributed by atoms with Gasteiger partial charge in [0.05, 0.1) is 13.1 Å². The van der Waals surface area contributed by atoms with E-state index in [2.05, 4.69) is 15.0 Å². The first-order valence-electron chi connectivity index (χ1n) is 7.50. The minimum absolute atomic E-state index is 0.0284. The fourth-order valence-electron chi connectivity index (χ4n) is 2.27. The predicted octanol–water partition coefficient (Wildman–Crippen LogP) is 1.61. The van der Waals surface area contributed by atoms with Crippen LogP contribution in [0.4, 0.5) is 13.2 Å². The van der Waals surface area contributed by atoms with E-state index in [9.17, 15) is 18.0 Å². The summed E-state index contributed by atoms with van der Waals surface area (Å²) in [6.45, 7) is 1.80. The Morgan fingerprint density at radius 2 is 1.88 bits per heavy atom. The predicted molar refractivity (Wildman–Crippen MR) is 82.3 cm³/mol. The molecule has 1 aromatic carbocycles. The number of hydrogen-bond acceptors (Lipinski definition) is 3. The third-order valence-electron chi connectivity index (χ3n) is 3.47. The number of carbonyl (C=O) groups excluding carboxylic acids is 1. The highest BCUT2D eigenvalue weighted by atomic mass is 19.4. The molecule has 132 valence electrons. The van der Waals surface area contributed by atoms with Crippen molar-refractivity contribution in [1.82, 2.24) is 10.2 Å². The van der Waals surface area contributed by atoms with Crippen LogP contribution in [-0.4, -0.2) is 42.8 Å². The first kappa shape index (κ1) is 17.9. The number of nitrogens with one attached hydrogen (secondary N) is 1. The van der Waals surface area contributed by atoms with E-state index < -0.39 is 6.36 Å². The highest BCUT2D eigenvalue weighted by Gasteiger charge is 2.30. The molecule has 2 rings (SSSR count). The summed E-state index contributed by atoms with van der Waals surface area (Å²) in [7, 11) is 0. The molecule has 3 N–H and O–H groups in total. The van der Waals surface area contributed by atoms with Crippen molar-refractivity contribution in [2.24, 2.45) is 10.7 Å². The van der Waals surface area contributed by atoms with Gasteiger partial charge in [-0.1, -0.05) is 12.1 Å². The van der Waals surface area contributed by atoms with Crippen LogP contribution in [0.3, 0.4) is 0 Å². The number of aliphatic imine (C=N–C) groups is 1. The van der Waals surface area contributed by atoms with Gasteiger partial charge in [0.1, 0.15) is 5.75 Å². The molecule has 6 nitrogen and oxygen atoms in total. The summed E-state index contributed by atoms with van der Waals surface area (Å²) < 4.78 is 40.0. The number of rotatable bonds is 5. The Bertz CT molecular complexity index is 581. The minimum Gasteiger partial charge on any atom is -0.406 e. The highest BCUT2D eigenvalue weighted by molar-refractivity contribution is 5.85. The highest BCUT2D eigenvalue weighted by Crippen LogP contribution is 2.22. The van der Waals surface area contributed by atoms with Gasteiger partial charge in [0.2, 0.25) is 5.91 Å². The summed E-state index contributed by atoms with van der Waals surface area (Å²) in [5, 5.41) is 2.74. The van der Waals surface area contributed by atoms with Gasteiger partial charge in [-0.25, -0.2) is 4.99 Å². The SMILES string of the molecule is NC(=NCc1ccc(OC(F)(F)F)cc1)NCC(=O)N1CCCC1. The van der Waals surface area contributed by atoms with E-state index in [1.54, 1.807) is 4.90 Å². The van der Waals surface area contributed by atoms with E-state index in [1.165, 1.54) is 24.3 Å². The molecule has 1 fully saturated rings. The van der Waals surface area contributed by atoms with Gasteiger partial charge in [-0.15, -0.1) is 13.2 Å². The first-order valence-corrected chi connectivity index (χ1v) is 7.50. The summed E-state index contributed by atoms with van der Waals surface area (Å²) in [5.74, 6) is -0.213. The van der Waals surface area contributed by atoms with Crippen molar-refractivity contribution in [3.63, 3.8) is 0 Å². The molecule has 1 saturated heterocycles. The molecule has 0 bridgehead atoms. The number of ether oxygens (including phenoxy) is 1. The van der Waals surface area contributed by atoms with E-state index in [0.717, 1.165) is 25.9 Å². The molecular weight excluding hydrogens is 325 g/mol. The molecule has 0 aliphatic carbocycles. The first-order chi connectivity index (χ1) is 11.3. The van der Waals surface area contributed by atoms with Crippen LogP contribution in [0.2, 0.25) is 0 Å². The molecule has 1 aromatic rings. The van der Waals surface area contributed by atoms with Gasteiger partial charge in [0.15, 0.2) is 5.96 Å². The Balaban J connectivity index is 1.78. The van der Waals surface area contributed by atoms with E-state index in [0.29, 0.717) is 5.56 Å². The zero-order valence-electron chi connectivity index (χ0n) is 13.0. The van der Waals surface area contributed by atoms with E-state index in [1.807, 2.05) is 0 Å². The van der Waals surface area contributed by atoms with Crippen LogP contribution in [0, 0.1) is 0 Å². The summed E-state index contributed by atoms with van der Waals surface area (Å²) in [6, 6.07) is 5.35. The van der Waals surface area contributed by atoms with Crippen molar-refractivity contribution in [3.8, 4) is 5.75 Å². The quantitative estimate of drug-likeness (QED) is 0.628. The Kier molecular flexibility index (Phi) is 5.88. The molecule has 0 spiro atoms. The summed E-state index contributed by atoms with van der Waals surface area (Å²) >= 11 is 0. The van der Waals surface area contributed by atoms with Crippen molar-refractivity contribution >= 4 is 11.9 Å². The number of hydrogen-bond donors (Lipinski definition) is 2. The fraction of sp³-hybridized carbons (Fsp3) is 0.467. The molecule has 1 amide bonds. The average Bonchev–Trinajstić information content (AvgIpc) is 3.05. The van der Waals surface area contributed by atoms with Crippen LogP contribution in [0.1, 0.15) is 18.4 Å². The molecule has 0 atom stereocenters. The summed E-state index contributed by atoms with van der Waals surface area (Å²) in [4.78, 5) is 17.6. The molecule has 0 radical (unpaired) electrons. The maximum Gasteiger partial charge on any atom is 0.573 e. The van der Waals surface area contributed by atoms with Crippen LogP contribution in [0.15, 0.2) is 29.3 Å². The number of amides is 1. The Morgan fingerprint density at radius 1 is 1.25 bits per heavy atom. The van der Waals surface area contributed by atoms with Crippen molar-refractivity contribution in [2.75, 3.05) is 19.6 Å². The third-order valence-corrected chi connectivity index (χ3v) is 3.47. The Morgan fingerprint density at radius 3 is 2.46 bits per heavy atom. The zero-order valence-corrected chi connectivity index (χ0v) is 13.0. The van der Waals surface area contributed by atoms with Crippen LogP contribution in [0.5, 0.6) is 5.75 Å². The van der Waals surface area contributed by atoms with Crippen molar-refractivity contribution < 1.29 is 22.7 Å². The van der Waals surface area contributed by atoms with Gasteiger partial charge in [0, 0.05) is 13.1 Å². The molecular formula is C15H19F3N4O2. The molecule has 1 heterocycles. The van der Waals surface area contributed by atoms with Crippen molar-refractivity contribution in [1.29, 1.82) is 0 Å². The molecule has 0 aromatic heterocycles. The van der Waals surface area contributed by atoms with Gasteiger partial charge in [0.25, 0.3) is 0 Å². The lowest BCUT2D eigenvalue weighted by Crippen LogP contribution is -2.41. The van der Waals surface area contributed by atoms with Crippen molar-refractivity contribution in [2.45, 2.75) is 25.7 Å². The van der Waals surface area contributed by atoms with Crippen LogP contribution < -0.4 is 15.8 Å². The number of alkyl halides is 3. The number of benzene rings is 1. The van der Waals surface area contributed by atoms with E-state index in [-0.39, 0.29) is 30.7 Å². The van der Waals surface area contributed by atoms with Gasteiger partial charge in [-0.05, 0) is 30.5 Å². The number of nitrogens with zero attached hydrogens (tertiary/aromatic N) is 2. The zero-order chi connectivity index (χ0) is 17.6. The van der Waals surface area contributed by atoms with Crippen LogP contribution >= 0.6 is 0 Å². The van der Waals surface area contributed by atoms with Gasteiger partial charge in [-0.3, -0.25) is 4.79 Å². The maximum absolute atomic E-state index is 12.1. The van der Waals surface area contributed by atoms with Gasteiger partial charge >= 0.3 is 6.36 Å². The third kappa shape index (κ3) is 5.98. The second-order valence-electron chi connectivity index (χ2n) is 5.33. The molecule has 0 saturated carbocycles. The number of halogens is 3. The van der Waals surface area contributed by atoms with Crippen LogP contribution in [-0.2, 0) is 11.3 Å². The minimum atomic E-state index is -4.71. The lowest BCUT2D eigenvalue weighted by molar-refractivity contribution is -0.274. The van der Waals surface area contributed by atoms with Gasteiger partial charge < -0.3 is 20.7 Å². The molecule has 24 heavy (non-hydrogen) atoms. The maximum atomic E-state index is 12.1. The molecule has 9 heteroatoms. The molecule has 0 unspecified atom stereocenters. The second-order valence-corrected chi connectivity index (χ2v) is 5.33. The summed E-state index contributed by atoms with van der Waals surface area (Å²) in [5.41, 5.74) is 6.34. The average molecular weight is 344 g/mol. The van der Waals surface area contributed by atoms with E-state index >= 15 is 0 Å². The largest absolute Gasteiger partial charge is 0.573 e. The Labute approximate surface area is 137 Å². The fourth-order valence-corrected chi connectivity index (χ4v) is 2.27. The number of guanidine groups is 1. The monoisotopic (exact) mass is 344 g/mol. The topological polar surface area (TPSA) is 80.0 Å². The number of likely N-dealkylation sites (tertiary alicyclic amines) is 1. The van der Waals surface area contributed by atoms with Crippen LogP contribution in [0.25, 0.3) is 0 Å². The Hall–Kier alpha value is -2.45. The summed E-state index contributed by atoms with van der Waals surface area (Å²) in [6.07, 6.45) is -2.68. The normalized spacial score (nSPS) is 15.5. The van der Waals surface area contributed by atoms with E-state index in [4.69, 9.17) is 5.73 Å². The van der Waals surface area contributed by atoms with Gasteiger partial charge in [-0.2, -0.15) is 0 Å². The molecule has 1 aliphatic rings. The lowest BCUT2D eigenvalue weighted by atomic mass is 10.2. The smallest absolute Gasteiger partial charge is 0.406 e. The number of nitrogens with two attached hydrogens (primary N) is 1. The number of carbonyl (C=O) groups is 1. The standard InChI is InChI=1S/C15H19F3N4O2/c16-15(17,18)24-12-5-3-11(4-6-12)9-20-14(19)21-10-13(23)22-7-1-2-8-22/h3-6H,1-2,7-10H2,(H3,19,20,21). The lowest BCUT2D eigenvalue weighted by Gasteiger charge is -2.15. The van der Waals surface area contributed by atoms with Crippen molar-refractivity contribution in [3.05, 3.63) is 29.8 Å². The second kappa shape index (κ2) is 7.89.